The largest absolute Gasteiger partial charge is 0.480 e. The summed E-state index contributed by atoms with van der Waals surface area (Å²) in [5.74, 6) is -1.09. The van der Waals surface area contributed by atoms with Gasteiger partial charge in [0.25, 0.3) is 0 Å². The Morgan fingerprint density at radius 1 is 1.26 bits per heavy atom. The fourth-order valence-electron chi connectivity index (χ4n) is 3.87. The van der Waals surface area contributed by atoms with Crippen molar-refractivity contribution < 1.29 is 27.4 Å². The third-order valence-corrected chi connectivity index (χ3v) is 7.58. The van der Waals surface area contributed by atoms with Crippen LogP contribution in [0, 0.1) is 5.82 Å². The van der Waals surface area contributed by atoms with E-state index in [-0.39, 0.29) is 24.4 Å². The van der Waals surface area contributed by atoms with E-state index >= 15 is 0 Å². The van der Waals surface area contributed by atoms with Gasteiger partial charge in [-0.1, -0.05) is 24.3 Å². The molecular formula is C23H25FN4O5S. The highest BCUT2D eigenvalue weighted by Crippen LogP contribution is 2.40. The molecule has 0 radical (unpaired) electrons. The van der Waals surface area contributed by atoms with E-state index in [0.717, 1.165) is 0 Å². The molecule has 2 aromatic carbocycles. The van der Waals surface area contributed by atoms with Gasteiger partial charge in [-0.05, 0) is 48.7 Å². The Bertz CT molecular complexity index is 1290. The maximum Gasteiger partial charge on any atom is 0.320 e. The Hall–Kier alpha value is -3.28. The molecule has 1 aromatic heterocycles. The molecular weight excluding hydrogens is 463 g/mol. The van der Waals surface area contributed by atoms with Crippen LogP contribution in [0.3, 0.4) is 0 Å². The number of sulfonamides is 1. The summed E-state index contributed by atoms with van der Waals surface area (Å²) < 4.78 is 49.3. The van der Waals surface area contributed by atoms with Crippen molar-refractivity contribution in [3.05, 3.63) is 77.9 Å². The van der Waals surface area contributed by atoms with Gasteiger partial charge in [0, 0.05) is 6.54 Å². The summed E-state index contributed by atoms with van der Waals surface area (Å²) in [5.41, 5.74) is 5.73. The second kappa shape index (κ2) is 9.16. The second-order valence-electron chi connectivity index (χ2n) is 8.20. The summed E-state index contributed by atoms with van der Waals surface area (Å²) in [7, 11) is -3.89. The number of carboxylic acids is 1. The number of hydrogen-bond acceptors (Lipinski definition) is 6. The number of nitrogens with two attached hydrogens (primary N) is 1. The van der Waals surface area contributed by atoms with E-state index in [4.69, 9.17) is 15.6 Å². The Kier molecular flexibility index (Phi) is 6.43. The summed E-state index contributed by atoms with van der Waals surface area (Å²) in [5, 5.41) is 13.2. The van der Waals surface area contributed by atoms with Gasteiger partial charge in [-0.2, -0.15) is 9.40 Å². The molecule has 1 aliphatic rings. The number of aromatic nitrogens is 2. The van der Waals surface area contributed by atoms with Gasteiger partial charge in [0.15, 0.2) is 11.4 Å². The molecule has 9 nitrogen and oxygen atoms in total. The Balaban J connectivity index is 1.59. The topological polar surface area (TPSA) is 128 Å². The van der Waals surface area contributed by atoms with Crippen LogP contribution in [0.4, 0.5) is 4.39 Å². The lowest BCUT2D eigenvalue weighted by Gasteiger charge is -2.48. The standard InChI is InChI=1S/C23H25FN4O5S/c1-2-27-13-19(12-26-27)33-23(17-6-8-18(24)9-7-17)14-28(15-23)34(31,32)20-5-3-4-16(10-20)11-21(25)22(29)30/h3-10,12-13,21H,2,11,14-15,25H2,1H3,(H,29,30)/t21-/m0/s1. The van der Waals surface area contributed by atoms with Crippen molar-refractivity contribution >= 4 is 16.0 Å². The van der Waals surface area contributed by atoms with Crippen LogP contribution >= 0.6 is 0 Å². The van der Waals surface area contributed by atoms with Crippen LogP contribution < -0.4 is 10.5 Å². The molecule has 180 valence electrons. The fourth-order valence-corrected chi connectivity index (χ4v) is 5.48. The number of rotatable bonds is 9. The predicted molar refractivity (Wildman–Crippen MR) is 121 cm³/mol. The Morgan fingerprint density at radius 3 is 2.59 bits per heavy atom. The van der Waals surface area contributed by atoms with Crippen molar-refractivity contribution in [2.45, 2.75) is 36.4 Å². The van der Waals surface area contributed by atoms with Crippen molar-refractivity contribution in [3.8, 4) is 5.75 Å². The Labute approximate surface area is 196 Å². The van der Waals surface area contributed by atoms with Gasteiger partial charge in [0.1, 0.15) is 11.9 Å². The highest BCUT2D eigenvalue weighted by molar-refractivity contribution is 7.89. The lowest BCUT2D eigenvalue weighted by molar-refractivity contribution is -0.138. The third-order valence-electron chi connectivity index (χ3n) is 5.79. The molecule has 1 aliphatic heterocycles. The molecule has 0 unspecified atom stereocenters. The van der Waals surface area contributed by atoms with Crippen LogP contribution in [0.2, 0.25) is 0 Å². The van der Waals surface area contributed by atoms with Gasteiger partial charge >= 0.3 is 5.97 Å². The average molecular weight is 489 g/mol. The van der Waals surface area contributed by atoms with E-state index in [1.807, 2.05) is 6.92 Å². The molecule has 4 rings (SSSR count). The lowest BCUT2D eigenvalue weighted by atomic mass is 9.87. The average Bonchev–Trinajstić information content (AvgIpc) is 3.24. The van der Waals surface area contributed by atoms with Crippen LogP contribution in [0.25, 0.3) is 0 Å². The molecule has 34 heavy (non-hydrogen) atoms. The molecule has 1 atom stereocenters. The third kappa shape index (κ3) is 4.67. The molecule has 3 N–H and O–H groups in total. The van der Waals surface area contributed by atoms with Crippen LogP contribution in [-0.4, -0.2) is 52.7 Å². The van der Waals surface area contributed by atoms with E-state index in [9.17, 15) is 17.6 Å². The Morgan fingerprint density at radius 2 is 1.97 bits per heavy atom. The fraction of sp³-hybridized carbons (Fsp3) is 0.304. The molecule has 3 aromatic rings. The molecule has 2 heterocycles. The highest BCUT2D eigenvalue weighted by atomic mass is 32.2. The monoisotopic (exact) mass is 488 g/mol. The number of halogens is 1. The first-order valence-electron chi connectivity index (χ1n) is 10.7. The molecule has 0 saturated carbocycles. The molecule has 11 heteroatoms. The summed E-state index contributed by atoms with van der Waals surface area (Å²) in [4.78, 5) is 11.1. The van der Waals surface area contributed by atoms with E-state index in [1.54, 1.807) is 41.3 Å². The summed E-state index contributed by atoms with van der Waals surface area (Å²) >= 11 is 0. The van der Waals surface area contributed by atoms with Crippen molar-refractivity contribution in [2.75, 3.05) is 13.1 Å². The SMILES string of the molecule is CCn1cc(OC2(c3ccc(F)cc3)CN(S(=O)(=O)c3cccc(C[C@H](N)C(=O)O)c3)C2)cn1. The molecule has 0 spiro atoms. The first-order chi connectivity index (χ1) is 16.1. The molecule has 0 amide bonds. The summed E-state index contributed by atoms with van der Waals surface area (Å²) in [6.07, 6.45) is 3.28. The first-order valence-corrected chi connectivity index (χ1v) is 12.1. The lowest BCUT2D eigenvalue weighted by Crippen LogP contribution is -2.64. The van der Waals surface area contributed by atoms with E-state index < -0.39 is 33.5 Å². The zero-order chi connectivity index (χ0) is 24.5. The quantitative estimate of drug-likeness (QED) is 0.471. The maximum atomic E-state index is 13.5. The number of nitrogens with zero attached hydrogens (tertiary/aromatic N) is 3. The second-order valence-corrected chi connectivity index (χ2v) is 10.1. The molecule has 0 bridgehead atoms. The minimum Gasteiger partial charge on any atom is -0.480 e. The van der Waals surface area contributed by atoms with Crippen molar-refractivity contribution in [2.24, 2.45) is 5.73 Å². The normalized spacial score (nSPS) is 16.6. The van der Waals surface area contributed by atoms with Crippen LogP contribution in [0.1, 0.15) is 18.1 Å². The van der Waals surface area contributed by atoms with Gasteiger partial charge in [-0.25, -0.2) is 12.8 Å². The number of aryl methyl sites for hydroxylation is 1. The van der Waals surface area contributed by atoms with Gasteiger partial charge < -0.3 is 15.6 Å². The highest BCUT2D eigenvalue weighted by Gasteiger charge is 2.52. The van der Waals surface area contributed by atoms with Gasteiger partial charge in [-0.3, -0.25) is 9.48 Å². The minimum absolute atomic E-state index is 0.00272. The molecule has 1 saturated heterocycles. The summed E-state index contributed by atoms with van der Waals surface area (Å²) in [6, 6.07) is 10.7. The van der Waals surface area contributed by atoms with Gasteiger partial charge in [-0.15, -0.1) is 0 Å². The van der Waals surface area contributed by atoms with Gasteiger partial charge in [0.05, 0.1) is 30.4 Å². The van der Waals surface area contributed by atoms with Crippen molar-refractivity contribution in [1.29, 1.82) is 0 Å². The number of carboxylic acid groups (broad SMARTS) is 1. The molecule has 1 fully saturated rings. The maximum absolute atomic E-state index is 13.5. The summed E-state index contributed by atoms with van der Waals surface area (Å²) in [6.45, 7) is 2.60. The van der Waals surface area contributed by atoms with Crippen molar-refractivity contribution in [3.63, 3.8) is 0 Å². The van der Waals surface area contributed by atoms with Crippen LogP contribution in [0.15, 0.2) is 65.8 Å². The van der Waals surface area contributed by atoms with E-state index in [0.29, 0.717) is 23.4 Å². The smallest absolute Gasteiger partial charge is 0.320 e. The number of carbonyl (C=O) groups is 1. The minimum atomic E-state index is -3.89. The van der Waals surface area contributed by atoms with E-state index in [2.05, 4.69) is 5.10 Å². The van der Waals surface area contributed by atoms with Crippen molar-refractivity contribution in [1.82, 2.24) is 14.1 Å². The first kappa shape index (κ1) is 23.9. The number of hydrogen-bond donors (Lipinski definition) is 2. The molecule has 0 aliphatic carbocycles. The zero-order valence-corrected chi connectivity index (χ0v) is 19.3. The van der Waals surface area contributed by atoms with Crippen LogP contribution in [0.5, 0.6) is 5.75 Å². The number of ether oxygens (including phenoxy) is 1. The predicted octanol–water partition coefficient (Wildman–Crippen LogP) is 1.98. The van der Waals surface area contributed by atoms with Gasteiger partial charge in [0.2, 0.25) is 10.0 Å². The van der Waals surface area contributed by atoms with Crippen LogP contribution in [-0.2, 0) is 33.4 Å². The van der Waals surface area contributed by atoms with E-state index in [1.165, 1.54) is 28.6 Å². The number of aliphatic carboxylic acids is 1. The zero-order valence-electron chi connectivity index (χ0n) is 18.5. The number of benzene rings is 2.